The van der Waals surface area contributed by atoms with Gasteiger partial charge in [0.1, 0.15) is 5.82 Å². The lowest BCUT2D eigenvalue weighted by Gasteiger charge is -2.03. The third-order valence-corrected chi connectivity index (χ3v) is 3.04. The molecule has 0 fully saturated rings. The predicted octanol–water partition coefficient (Wildman–Crippen LogP) is 3.50. The normalized spacial score (nSPS) is 10.9. The zero-order valence-electron chi connectivity index (χ0n) is 10.7. The summed E-state index contributed by atoms with van der Waals surface area (Å²) in [5, 5.41) is 3.25. The average molecular weight is 273 g/mol. The van der Waals surface area contributed by atoms with E-state index in [1.165, 1.54) is 0 Å². The number of nitrogens with one attached hydrogen (secondary N) is 2. The molecule has 102 valence electrons. The molecule has 0 atom stereocenters. The Balaban J connectivity index is 1.69. The Labute approximate surface area is 114 Å². The number of aromatic nitrogens is 2. The van der Waals surface area contributed by atoms with Gasteiger partial charge in [-0.1, -0.05) is 18.2 Å². The van der Waals surface area contributed by atoms with E-state index in [-0.39, 0.29) is 0 Å². The molecule has 5 heteroatoms. The molecule has 0 radical (unpaired) electrons. The van der Waals surface area contributed by atoms with Gasteiger partial charge in [-0.3, -0.25) is 0 Å². The van der Waals surface area contributed by atoms with Crippen molar-refractivity contribution >= 4 is 16.7 Å². The Bertz CT molecular complexity index is 684. The maximum Gasteiger partial charge on any atom is 0.161 e. The first-order valence-corrected chi connectivity index (χ1v) is 6.35. The standard InChI is InChI=1S/C15H13F2N3/c16-11-8-13-14(9-12(11)17)20-15(19-13)6-7-18-10-4-2-1-3-5-10/h1-5,8-9,18H,6-7H2,(H,19,20). The molecular weight excluding hydrogens is 260 g/mol. The van der Waals surface area contributed by atoms with Crippen molar-refractivity contribution in [1.29, 1.82) is 0 Å². The quantitative estimate of drug-likeness (QED) is 0.764. The van der Waals surface area contributed by atoms with Crippen LogP contribution in [0.1, 0.15) is 5.82 Å². The first kappa shape index (κ1) is 12.6. The molecule has 3 rings (SSSR count). The number of H-pyrrole nitrogens is 1. The molecule has 3 aromatic rings. The second-order valence-corrected chi connectivity index (χ2v) is 4.51. The summed E-state index contributed by atoms with van der Waals surface area (Å²) in [5.74, 6) is -1.04. The summed E-state index contributed by atoms with van der Waals surface area (Å²) in [6, 6.07) is 12.0. The van der Waals surface area contributed by atoms with Gasteiger partial charge in [-0.2, -0.15) is 0 Å². The van der Waals surface area contributed by atoms with E-state index >= 15 is 0 Å². The summed E-state index contributed by atoms with van der Waals surface area (Å²) in [6.45, 7) is 0.689. The minimum Gasteiger partial charge on any atom is -0.385 e. The van der Waals surface area contributed by atoms with Gasteiger partial charge in [0.2, 0.25) is 0 Å². The average Bonchev–Trinajstić information content (AvgIpc) is 2.82. The number of imidazole rings is 1. The van der Waals surface area contributed by atoms with Crippen LogP contribution in [0.5, 0.6) is 0 Å². The van der Waals surface area contributed by atoms with Crippen molar-refractivity contribution in [2.75, 3.05) is 11.9 Å². The molecule has 2 N–H and O–H groups in total. The molecule has 0 aliphatic carbocycles. The van der Waals surface area contributed by atoms with E-state index in [0.29, 0.717) is 29.8 Å². The number of fused-ring (bicyclic) bond motifs is 1. The Morgan fingerprint density at radius 3 is 2.60 bits per heavy atom. The highest BCUT2D eigenvalue weighted by Gasteiger charge is 2.08. The van der Waals surface area contributed by atoms with Crippen molar-refractivity contribution in [2.24, 2.45) is 0 Å². The van der Waals surface area contributed by atoms with E-state index in [2.05, 4.69) is 15.3 Å². The fourth-order valence-corrected chi connectivity index (χ4v) is 2.06. The molecule has 0 spiro atoms. The number of aromatic amines is 1. The highest BCUT2D eigenvalue weighted by Crippen LogP contribution is 2.16. The van der Waals surface area contributed by atoms with E-state index in [0.717, 1.165) is 17.8 Å². The number of anilines is 1. The minimum atomic E-state index is -0.877. The van der Waals surface area contributed by atoms with Gasteiger partial charge in [-0.05, 0) is 12.1 Å². The number of para-hydroxylation sites is 1. The van der Waals surface area contributed by atoms with Crippen LogP contribution in [0.3, 0.4) is 0 Å². The predicted molar refractivity (Wildman–Crippen MR) is 74.6 cm³/mol. The van der Waals surface area contributed by atoms with Crippen molar-refractivity contribution in [3.8, 4) is 0 Å². The Morgan fingerprint density at radius 2 is 1.80 bits per heavy atom. The maximum absolute atomic E-state index is 13.1. The van der Waals surface area contributed by atoms with Gasteiger partial charge in [0.05, 0.1) is 11.0 Å². The van der Waals surface area contributed by atoms with Crippen molar-refractivity contribution in [2.45, 2.75) is 6.42 Å². The Kier molecular flexibility index (Phi) is 3.33. The van der Waals surface area contributed by atoms with Gasteiger partial charge in [0, 0.05) is 30.8 Å². The molecule has 0 saturated heterocycles. The third-order valence-electron chi connectivity index (χ3n) is 3.04. The molecule has 0 aliphatic heterocycles. The van der Waals surface area contributed by atoms with Crippen LogP contribution in [0, 0.1) is 11.6 Å². The molecular formula is C15H13F2N3. The van der Waals surface area contributed by atoms with E-state index in [4.69, 9.17) is 0 Å². The summed E-state index contributed by atoms with van der Waals surface area (Å²) in [6.07, 6.45) is 0.646. The van der Waals surface area contributed by atoms with E-state index < -0.39 is 11.6 Å². The Morgan fingerprint density at radius 1 is 1.05 bits per heavy atom. The van der Waals surface area contributed by atoms with Crippen molar-refractivity contribution in [3.05, 3.63) is 59.9 Å². The first-order chi connectivity index (χ1) is 9.72. The van der Waals surface area contributed by atoms with Crippen LogP contribution in [-0.2, 0) is 6.42 Å². The van der Waals surface area contributed by atoms with Crippen LogP contribution in [0.2, 0.25) is 0 Å². The van der Waals surface area contributed by atoms with Crippen LogP contribution in [0.15, 0.2) is 42.5 Å². The fraction of sp³-hybridized carbons (Fsp3) is 0.133. The number of benzene rings is 2. The van der Waals surface area contributed by atoms with E-state index in [1.54, 1.807) is 0 Å². The molecule has 2 aromatic carbocycles. The second-order valence-electron chi connectivity index (χ2n) is 4.51. The van der Waals surface area contributed by atoms with Crippen LogP contribution in [0.25, 0.3) is 11.0 Å². The smallest absolute Gasteiger partial charge is 0.161 e. The lowest BCUT2D eigenvalue weighted by atomic mass is 10.3. The molecule has 0 bridgehead atoms. The lowest BCUT2D eigenvalue weighted by molar-refractivity contribution is 0.510. The zero-order chi connectivity index (χ0) is 13.9. The van der Waals surface area contributed by atoms with Crippen LogP contribution >= 0.6 is 0 Å². The number of rotatable bonds is 4. The SMILES string of the molecule is Fc1cc2nc(CCNc3ccccc3)[nH]c2cc1F. The van der Waals surface area contributed by atoms with Crippen LogP contribution < -0.4 is 5.32 Å². The summed E-state index contributed by atoms with van der Waals surface area (Å²) < 4.78 is 26.2. The fourth-order valence-electron chi connectivity index (χ4n) is 2.06. The topological polar surface area (TPSA) is 40.7 Å². The summed E-state index contributed by atoms with van der Waals surface area (Å²) in [7, 11) is 0. The van der Waals surface area contributed by atoms with Gasteiger partial charge >= 0.3 is 0 Å². The molecule has 1 heterocycles. The lowest BCUT2D eigenvalue weighted by Crippen LogP contribution is -2.05. The van der Waals surface area contributed by atoms with Gasteiger partial charge < -0.3 is 10.3 Å². The molecule has 0 amide bonds. The highest BCUT2D eigenvalue weighted by molar-refractivity contribution is 5.75. The van der Waals surface area contributed by atoms with Gasteiger partial charge in [-0.25, -0.2) is 13.8 Å². The largest absolute Gasteiger partial charge is 0.385 e. The maximum atomic E-state index is 13.1. The van der Waals surface area contributed by atoms with Crippen molar-refractivity contribution in [3.63, 3.8) is 0 Å². The number of nitrogens with zero attached hydrogens (tertiary/aromatic N) is 1. The molecule has 20 heavy (non-hydrogen) atoms. The monoisotopic (exact) mass is 273 g/mol. The van der Waals surface area contributed by atoms with Gasteiger partial charge in [0.25, 0.3) is 0 Å². The minimum absolute atomic E-state index is 0.443. The third kappa shape index (κ3) is 2.61. The highest BCUT2D eigenvalue weighted by atomic mass is 19.2. The van der Waals surface area contributed by atoms with Crippen molar-refractivity contribution < 1.29 is 8.78 Å². The molecule has 0 unspecified atom stereocenters. The summed E-state index contributed by atoms with van der Waals surface area (Å²) in [5.41, 5.74) is 1.98. The second kappa shape index (κ2) is 5.28. The number of halogens is 2. The van der Waals surface area contributed by atoms with Gasteiger partial charge in [0.15, 0.2) is 11.6 Å². The van der Waals surface area contributed by atoms with Crippen molar-refractivity contribution in [1.82, 2.24) is 9.97 Å². The number of hydrogen-bond donors (Lipinski definition) is 2. The van der Waals surface area contributed by atoms with Crippen LogP contribution in [-0.4, -0.2) is 16.5 Å². The van der Waals surface area contributed by atoms with Gasteiger partial charge in [-0.15, -0.1) is 0 Å². The molecule has 0 saturated carbocycles. The summed E-state index contributed by atoms with van der Waals surface area (Å²) in [4.78, 5) is 7.24. The Hall–Kier alpha value is -2.43. The first-order valence-electron chi connectivity index (χ1n) is 6.35. The van der Waals surface area contributed by atoms with Crippen LogP contribution in [0.4, 0.5) is 14.5 Å². The molecule has 1 aromatic heterocycles. The summed E-state index contributed by atoms with van der Waals surface area (Å²) >= 11 is 0. The zero-order valence-corrected chi connectivity index (χ0v) is 10.7. The van der Waals surface area contributed by atoms with E-state index in [9.17, 15) is 8.78 Å². The molecule has 3 nitrogen and oxygen atoms in total. The van der Waals surface area contributed by atoms with E-state index in [1.807, 2.05) is 30.3 Å². The number of hydrogen-bond acceptors (Lipinski definition) is 2. The molecule has 0 aliphatic rings.